The van der Waals surface area contributed by atoms with Crippen molar-refractivity contribution in [2.24, 2.45) is 0 Å². The zero-order valence-corrected chi connectivity index (χ0v) is 8.14. The summed E-state index contributed by atoms with van der Waals surface area (Å²) >= 11 is 0. The first-order chi connectivity index (χ1) is 7.27. The third-order valence-corrected chi connectivity index (χ3v) is 2.22. The number of nitrogens with zero attached hydrogens (tertiary/aromatic N) is 1. The van der Waals surface area contributed by atoms with Crippen molar-refractivity contribution in [1.82, 2.24) is 0 Å². The number of carbonyl (C=O) groups excluding carboxylic acids is 1. The number of pyridine rings is 1. The highest BCUT2D eigenvalue weighted by atomic mass is 16.5. The van der Waals surface area contributed by atoms with Crippen LogP contribution in [0.3, 0.4) is 0 Å². The minimum Gasteiger partial charge on any atom is -0.616 e. The molecule has 0 aliphatic heterocycles. The maximum Gasteiger partial charge on any atom is 0.390 e. The van der Waals surface area contributed by atoms with Crippen LogP contribution in [0.25, 0.3) is 10.9 Å². The predicted molar refractivity (Wildman–Crippen MR) is 54.8 cm³/mol. The van der Waals surface area contributed by atoms with Gasteiger partial charge in [-0.15, -0.1) is 4.73 Å². The van der Waals surface area contributed by atoms with Gasteiger partial charge in [0.15, 0.2) is 6.29 Å². The van der Waals surface area contributed by atoms with E-state index in [-0.39, 0.29) is 11.4 Å². The van der Waals surface area contributed by atoms with E-state index in [9.17, 15) is 10.0 Å². The van der Waals surface area contributed by atoms with E-state index in [4.69, 9.17) is 4.74 Å². The third-order valence-electron chi connectivity index (χ3n) is 2.22. The molecule has 2 rings (SSSR count). The molecule has 0 aliphatic carbocycles. The molecule has 0 radical (unpaired) electrons. The highest BCUT2D eigenvalue weighted by molar-refractivity contribution is 5.86. The van der Waals surface area contributed by atoms with Gasteiger partial charge in [-0.3, -0.25) is 4.79 Å². The second-order valence-corrected chi connectivity index (χ2v) is 3.08. The molecule has 0 bridgehead atoms. The zero-order chi connectivity index (χ0) is 10.8. The van der Waals surface area contributed by atoms with Crippen LogP contribution in [0.1, 0.15) is 10.4 Å². The number of para-hydroxylation sites is 1. The molecule has 0 spiro atoms. The van der Waals surface area contributed by atoms with Gasteiger partial charge < -0.3 is 9.94 Å². The van der Waals surface area contributed by atoms with Crippen molar-refractivity contribution in [2.75, 3.05) is 7.11 Å². The Morgan fingerprint density at radius 3 is 2.80 bits per heavy atom. The third kappa shape index (κ3) is 1.40. The normalized spacial score (nSPS) is 10.2. The fraction of sp³-hybridized carbons (Fsp3) is 0.0909. The topological polar surface area (TPSA) is 53.2 Å². The Hall–Kier alpha value is -2.10. The molecule has 0 unspecified atom stereocenters. The summed E-state index contributed by atoms with van der Waals surface area (Å²) < 4.78 is 5.52. The van der Waals surface area contributed by atoms with Gasteiger partial charge in [0.1, 0.15) is 5.56 Å². The summed E-state index contributed by atoms with van der Waals surface area (Å²) in [6.45, 7) is 0. The van der Waals surface area contributed by atoms with Crippen LogP contribution >= 0.6 is 0 Å². The van der Waals surface area contributed by atoms with Crippen molar-refractivity contribution in [3.63, 3.8) is 0 Å². The molecule has 1 heterocycles. The highest BCUT2D eigenvalue weighted by Gasteiger charge is 2.16. The first-order valence-corrected chi connectivity index (χ1v) is 4.42. The minimum atomic E-state index is 0.0312. The second kappa shape index (κ2) is 3.57. The van der Waals surface area contributed by atoms with Gasteiger partial charge in [0.25, 0.3) is 0 Å². The number of hydrogen-bond acceptors (Lipinski definition) is 3. The van der Waals surface area contributed by atoms with Gasteiger partial charge in [-0.25, -0.2) is 0 Å². The molecule has 1 aromatic carbocycles. The lowest BCUT2D eigenvalue weighted by Gasteiger charge is -2.07. The number of carbonyl (C=O) groups is 1. The quantitative estimate of drug-likeness (QED) is 0.420. The molecule has 0 fully saturated rings. The van der Waals surface area contributed by atoms with Gasteiger partial charge in [-0.2, -0.15) is 0 Å². The maximum atomic E-state index is 11.8. The summed E-state index contributed by atoms with van der Waals surface area (Å²) in [5.41, 5.74) is 0.742. The van der Waals surface area contributed by atoms with Gasteiger partial charge in [0.2, 0.25) is 5.52 Å². The molecule has 2 aromatic rings. The number of ether oxygens (including phenoxy) is 1. The van der Waals surface area contributed by atoms with Gasteiger partial charge in [0, 0.05) is 11.5 Å². The van der Waals surface area contributed by atoms with Gasteiger partial charge in [0.05, 0.1) is 7.11 Å². The first-order valence-electron chi connectivity index (χ1n) is 4.42. The molecule has 15 heavy (non-hydrogen) atoms. The number of aromatic nitrogens is 1. The largest absolute Gasteiger partial charge is 0.616 e. The molecule has 76 valence electrons. The molecular formula is C11H9NO3. The predicted octanol–water partition coefficient (Wildman–Crippen LogP) is 1.29. The lowest BCUT2D eigenvalue weighted by molar-refractivity contribution is -0.584. The first kappa shape index (κ1) is 9.45. The summed E-state index contributed by atoms with van der Waals surface area (Å²) in [5, 5.41) is 12.5. The second-order valence-electron chi connectivity index (χ2n) is 3.08. The van der Waals surface area contributed by atoms with Crippen LogP contribution in [-0.4, -0.2) is 13.4 Å². The number of benzene rings is 1. The summed E-state index contributed by atoms with van der Waals surface area (Å²) in [7, 11) is 1.37. The molecule has 0 atom stereocenters. The van der Waals surface area contributed by atoms with Crippen LogP contribution in [0.2, 0.25) is 0 Å². The van der Waals surface area contributed by atoms with Crippen molar-refractivity contribution < 1.29 is 14.3 Å². The Bertz CT molecular complexity index is 522. The summed E-state index contributed by atoms with van der Waals surface area (Å²) in [5.74, 6) is 0.0312. The molecular weight excluding hydrogens is 194 g/mol. The van der Waals surface area contributed by atoms with Crippen molar-refractivity contribution >= 4 is 17.2 Å². The number of aldehydes is 1. The van der Waals surface area contributed by atoms with Crippen LogP contribution in [0.4, 0.5) is 0 Å². The van der Waals surface area contributed by atoms with E-state index in [1.807, 2.05) is 6.07 Å². The van der Waals surface area contributed by atoms with E-state index in [0.717, 1.165) is 5.39 Å². The number of hydrogen-bond donors (Lipinski definition) is 0. The molecule has 4 heteroatoms. The van der Waals surface area contributed by atoms with E-state index in [2.05, 4.69) is 0 Å². The molecule has 0 N–H and O–H groups in total. The summed E-state index contributed by atoms with van der Waals surface area (Å²) in [4.78, 5) is 10.7. The zero-order valence-electron chi connectivity index (χ0n) is 8.14. The summed E-state index contributed by atoms with van der Waals surface area (Å²) in [6, 6.07) is 8.66. The van der Waals surface area contributed by atoms with E-state index in [0.29, 0.717) is 16.5 Å². The lowest BCUT2D eigenvalue weighted by Crippen LogP contribution is -2.30. The Balaban J connectivity index is 2.87. The van der Waals surface area contributed by atoms with Crippen molar-refractivity contribution in [3.8, 4) is 5.88 Å². The highest BCUT2D eigenvalue weighted by Crippen LogP contribution is 2.18. The smallest absolute Gasteiger partial charge is 0.390 e. The molecule has 4 nitrogen and oxygen atoms in total. The van der Waals surface area contributed by atoms with Crippen molar-refractivity contribution in [2.45, 2.75) is 0 Å². The molecule has 0 aliphatic rings. The summed E-state index contributed by atoms with van der Waals surface area (Å²) in [6.07, 6.45) is 0.611. The Morgan fingerprint density at radius 2 is 2.13 bits per heavy atom. The number of methoxy groups -OCH3 is 1. The monoisotopic (exact) mass is 203 g/mol. The van der Waals surface area contributed by atoms with Crippen LogP contribution in [0.15, 0.2) is 30.3 Å². The molecule has 0 amide bonds. The fourth-order valence-electron chi connectivity index (χ4n) is 1.54. The van der Waals surface area contributed by atoms with Gasteiger partial charge in [-0.05, 0) is 12.1 Å². The number of rotatable bonds is 2. The molecule has 0 saturated carbocycles. The average Bonchev–Trinajstić information content (AvgIpc) is 2.29. The SMILES string of the molecule is COc1c(C=O)cc2ccccc2[n+]1[O-]. The van der Waals surface area contributed by atoms with E-state index >= 15 is 0 Å². The van der Waals surface area contributed by atoms with E-state index < -0.39 is 0 Å². The average molecular weight is 203 g/mol. The van der Waals surface area contributed by atoms with E-state index in [1.165, 1.54) is 7.11 Å². The molecule has 1 aromatic heterocycles. The van der Waals surface area contributed by atoms with Crippen molar-refractivity contribution in [3.05, 3.63) is 41.1 Å². The van der Waals surface area contributed by atoms with Crippen LogP contribution < -0.4 is 9.47 Å². The Kier molecular flexibility index (Phi) is 2.25. The maximum absolute atomic E-state index is 11.8. The molecule has 0 saturated heterocycles. The van der Waals surface area contributed by atoms with Crippen LogP contribution in [-0.2, 0) is 0 Å². The van der Waals surface area contributed by atoms with Gasteiger partial charge in [-0.1, -0.05) is 12.1 Å². The van der Waals surface area contributed by atoms with Crippen LogP contribution in [0, 0.1) is 5.21 Å². The fourth-order valence-corrected chi connectivity index (χ4v) is 1.54. The van der Waals surface area contributed by atoms with Crippen molar-refractivity contribution in [1.29, 1.82) is 0 Å². The Morgan fingerprint density at radius 1 is 1.40 bits per heavy atom. The Labute approximate surface area is 86.3 Å². The lowest BCUT2D eigenvalue weighted by atomic mass is 10.1. The minimum absolute atomic E-state index is 0.0312. The van der Waals surface area contributed by atoms with E-state index in [1.54, 1.807) is 24.3 Å². The van der Waals surface area contributed by atoms with Gasteiger partial charge >= 0.3 is 5.88 Å². The standard InChI is InChI=1S/C11H9NO3/c1-15-11-9(7-13)6-8-4-2-3-5-10(8)12(11)14/h2-7H,1H3. The van der Waals surface area contributed by atoms with Crippen LogP contribution in [0.5, 0.6) is 5.88 Å². The number of fused-ring (bicyclic) bond motifs is 1.